The van der Waals surface area contributed by atoms with Crippen LogP contribution in [0.2, 0.25) is 0 Å². The summed E-state index contributed by atoms with van der Waals surface area (Å²) in [6, 6.07) is 0. The van der Waals surface area contributed by atoms with Crippen LogP contribution in [0.4, 0.5) is 0 Å². The molecule has 0 radical (unpaired) electrons. The van der Waals surface area contributed by atoms with Crippen molar-refractivity contribution in [1.82, 2.24) is 4.98 Å². The SMILES string of the molecule is Cc1coc(-c2coc3c2CCC(CO)C3)n1. The highest BCUT2D eigenvalue weighted by molar-refractivity contribution is 5.59. The first-order valence-corrected chi connectivity index (χ1v) is 5.90. The lowest BCUT2D eigenvalue weighted by Gasteiger charge is -2.18. The molecule has 2 heterocycles. The van der Waals surface area contributed by atoms with Crippen LogP contribution >= 0.6 is 0 Å². The maximum atomic E-state index is 9.17. The van der Waals surface area contributed by atoms with Crippen molar-refractivity contribution in [3.05, 3.63) is 29.5 Å². The number of oxazole rings is 1. The Bertz CT molecular complexity index is 527. The second-order valence-electron chi connectivity index (χ2n) is 4.64. The number of aryl methyl sites for hydroxylation is 1. The highest BCUT2D eigenvalue weighted by atomic mass is 16.4. The van der Waals surface area contributed by atoms with Gasteiger partial charge in [0, 0.05) is 18.6 Å². The molecule has 1 atom stereocenters. The monoisotopic (exact) mass is 233 g/mol. The van der Waals surface area contributed by atoms with E-state index in [1.54, 1.807) is 12.5 Å². The molecule has 0 fully saturated rings. The Kier molecular flexibility index (Phi) is 2.52. The van der Waals surface area contributed by atoms with E-state index in [0.29, 0.717) is 11.8 Å². The Balaban J connectivity index is 1.96. The molecule has 0 saturated heterocycles. The number of hydrogen-bond acceptors (Lipinski definition) is 4. The Hall–Kier alpha value is -1.55. The molecule has 1 unspecified atom stereocenters. The summed E-state index contributed by atoms with van der Waals surface area (Å²) in [5, 5.41) is 9.17. The molecule has 0 bridgehead atoms. The summed E-state index contributed by atoms with van der Waals surface area (Å²) in [7, 11) is 0. The highest BCUT2D eigenvalue weighted by Gasteiger charge is 2.25. The smallest absolute Gasteiger partial charge is 0.229 e. The van der Waals surface area contributed by atoms with Crippen LogP contribution in [0.25, 0.3) is 11.5 Å². The summed E-state index contributed by atoms with van der Waals surface area (Å²) in [6.45, 7) is 2.13. The number of hydrogen-bond donors (Lipinski definition) is 1. The molecule has 1 N–H and O–H groups in total. The third-order valence-corrected chi connectivity index (χ3v) is 3.37. The molecule has 4 nitrogen and oxygen atoms in total. The Morgan fingerprint density at radius 1 is 1.41 bits per heavy atom. The zero-order valence-electron chi connectivity index (χ0n) is 9.77. The lowest BCUT2D eigenvalue weighted by molar-refractivity contribution is 0.205. The Morgan fingerprint density at radius 2 is 2.29 bits per heavy atom. The third kappa shape index (κ3) is 1.78. The van der Waals surface area contributed by atoms with E-state index in [1.165, 1.54) is 5.56 Å². The maximum Gasteiger partial charge on any atom is 0.229 e. The standard InChI is InChI=1S/C13H15NO3/c1-8-6-17-13(14-8)11-7-16-12-4-9(5-15)2-3-10(11)12/h6-7,9,15H,2-5H2,1H3. The quantitative estimate of drug-likeness (QED) is 0.864. The molecule has 90 valence electrons. The Morgan fingerprint density at radius 3 is 3.00 bits per heavy atom. The lowest BCUT2D eigenvalue weighted by atomic mass is 9.87. The van der Waals surface area contributed by atoms with Gasteiger partial charge in [-0.1, -0.05) is 0 Å². The zero-order valence-corrected chi connectivity index (χ0v) is 9.77. The molecular weight excluding hydrogens is 218 g/mol. The maximum absolute atomic E-state index is 9.17. The molecule has 4 heteroatoms. The van der Waals surface area contributed by atoms with Crippen LogP contribution in [0.15, 0.2) is 21.4 Å². The molecule has 0 spiro atoms. The summed E-state index contributed by atoms with van der Waals surface area (Å²) < 4.78 is 11.0. The molecule has 3 rings (SSSR count). The van der Waals surface area contributed by atoms with Gasteiger partial charge in [-0.25, -0.2) is 4.98 Å². The van der Waals surface area contributed by atoms with Gasteiger partial charge in [-0.05, 0) is 25.7 Å². The fraction of sp³-hybridized carbons (Fsp3) is 0.462. The van der Waals surface area contributed by atoms with Crippen molar-refractivity contribution in [2.24, 2.45) is 5.92 Å². The Labute approximate surface area is 99.3 Å². The molecule has 0 aliphatic heterocycles. The number of nitrogens with zero attached hydrogens (tertiary/aromatic N) is 1. The average Bonchev–Trinajstić information content (AvgIpc) is 2.93. The number of aliphatic hydroxyl groups excluding tert-OH is 1. The van der Waals surface area contributed by atoms with Crippen molar-refractivity contribution in [3.8, 4) is 11.5 Å². The topological polar surface area (TPSA) is 59.4 Å². The molecule has 17 heavy (non-hydrogen) atoms. The van der Waals surface area contributed by atoms with Gasteiger partial charge in [0.15, 0.2) is 0 Å². The van der Waals surface area contributed by atoms with E-state index in [0.717, 1.165) is 36.3 Å². The fourth-order valence-corrected chi connectivity index (χ4v) is 2.39. The van der Waals surface area contributed by atoms with Gasteiger partial charge in [0.1, 0.15) is 18.3 Å². The first-order chi connectivity index (χ1) is 8.28. The molecular formula is C13H15NO3. The molecule has 0 aromatic carbocycles. The van der Waals surface area contributed by atoms with Crippen molar-refractivity contribution in [1.29, 1.82) is 0 Å². The van der Waals surface area contributed by atoms with Crippen molar-refractivity contribution >= 4 is 0 Å². The molecule has 0 saturated carbocycles. The van der Waals surface area contributed by atoms with Crippen LogP contribution in [-0.4, -0.2) is 16.7 Å². The molecule has 2 aromatic rings. The number of furan rings is 1. The van der Waals surface area contributed by atoms with E-state index >= 15 is 0 Å². The number of aromatic nitrogens is 1. The van der Waals surface area contributed by atoms with E-state index in [-0.39, 0.29) is 6.61 Å². The first-order valence-electron chi connectivity index (χ1n) is 5.90. The van der Waals surface area contributed by atoms with E-state index in [2.05, 4.69) is 4.98 Å². The van der Waals surface area contributed by atoms with Gasteiger partial charge in [0.05, 0.1) is 11.3 Å². The predicted octanol–water partition coefficient (Wildman–Crippen LogP) is 2.34. The van der Waals surface area contributed by atoms with Gasteiger partial charge in [0.2, 0.25) is 5.89 Å². The van der Waals surface area contributed by atoms with Gasteiger partial charge in [-0.15, -0.1) is 0 Å². The first kappa shape index (κ1) is 10.6. The lowest BCUT2D eigenvalue weighted by Crippen LogP contribution is -2.16. The van der Waals surface area contributed by atoms with Crippen LogP contribution in [0.1, 0.15) is 23.4 Å². The molecule has 0 amide bonds. The van der Waals surface area contributed by atoms with Crippen LogP contribution in [0, 0.1) is 12.8 Å². The van der Waals surface area contributed by atoms with Crippen molar-refractivity contribution < 1.29 is 13.9 Å². The highest BCUT2D eigenvalue weighted by Crippen LogP contribution is 2.34. The summed E-state index contributed by atoms with van der Waals surface area (Å²) in [5.74, 6) is 1.93. The van der Waals surface area contributed by atoms with Gasteiger partial charge < -0.3 is 13.9 Å². The molecule has 1 aliphatic carbocycles. The van der Waals surface area contributed by atoms with Crippen LogP contribution < -0.4 is 0 Å². The summed E-state index contributed by atoms with van der Waals surface area (Å²) in [6.07, 6.45) is 6.10. The summed E-state index contributed by atoms with van der Waals surface area (Å²) in [4.78, 5) is 4.32. The average molecular weight is 233 g/mol. The zero-order chi connectivity index (χ0) is 11.8. The minimum atomic E-state index is 0.230. The van der Waals surface area contributed by atoms with Gasteiger partial charge in [-0.2, -0.15) is 0 Å². The summed E-state index contributed by atoms with van der Waals surface area (Å²) >= 11 is 0. The van der Waals surface area contributed by atoms with E-state index in [1.807, 2.05) is 6.92 Å². The second-order valence-corrected chi connectivity index (χ2v) is 4.64. The second kappa shape index (κ2) is 4.04. The minimum absolute atomic E-state index is 0.230. The van der Waals surface area contributed by atoms with Crippen LogP contribution in [0.5, 0.6) is 0 Å². The van der Waals surface area contributed by atoms with E-state index in [9.17, 15) is 5.11 Å². The van der Waals surface area contributed by atoms with E-state index < -0.39 is 0 Å². The van der Waals surface area contributed by atoms with Crippen molar-refractivity contribution in [3.63, 3.8) is 0 Å². The number of rotatable bonds is 2. The van der Waals surface area contributed by atoms with Gasteiger partial charge in [-0.3, -0.25) is 0 Å². The summed E-state index contributed by atoms with van der Waals surface area (Å²) in [5.41, 5.74) is 3.03. The molecule has 1 aliphatic rings. The minimum Gasteiger partial charge on any atom is -0.468 e. The third-order valence-electron chi connectivity index (χ3n) is 3.37. The normalized spacial score (nSPS) is 19.3. The number of fused-ring (bicyclic) bond motifs is 1. The molecule has 2 aromatic heterocycles. The van der Waals surface area contributed by atoms with Gasteiger partial charge in [0.25, 0.3) is 0 Å². The fourth-order valence-electron chi connectivity index (χ4n) is 2.39. The predicted molar refractivity (Wildman–Crippen MR) is 61.5 cm³/mol. The van der Waals surface area contributed by atoms with E-state index in [4.69, 9.17) is 8.83 Å². The van der Waals surface area contributed by atoms with Gasteiger partial charge >= 0.3 is 0 Å². The van der Waals surface area contributed by atoms with Crippen LogP contribution in [0.3, 0.4) is 0 Å². The number of aliphatic hydroxyl groups is 1. The largest absolute Gasteiger partial charge is 0.468 e. The van der Waals surface area contributed by atoms with Crippen LogP contribution in [-0.2, 0) is 12.8 Å². The van der Waals surface area contributed by atoms with Crippen molar-refractivity contribution in [2.75, 3.05) is 6.61 Å². The van der Waals surface area contributed by atoms with Crippen molar-refractivity contribution in [2.45, 2.75) is 26.2 Å².